The Morgan fingerprint density at radius 3 is 1.92 bits per heavy atom. The van der Waals surface area contributed by atoms with E-state index in [2.05, 4.69) is 9.73 Å². The third-order valence-electron chi connectivity index (χ3n) is 1.22. The summed E-state index contributed by atoms with van der Waals surface area (Å²) in [5.74, 6) is -1.11. The molecule has 0 aromatic rings. The Morgan fingerprint density at radius 1 is 1.31 bits per heavy atom. The lowest BCUT2D eigenvalue weighted by Gasteiger charge is -2.17. The van der Waals surface area contributed by atoms with Crippen molar-refractivity contribution < 1.29 is 17.9 Å². The molecule has 0 saturated heterocycles. The molecule has 0 bridgehead atoms. The number of nitrogens with zero attached hydrogens (tertiary/aromatic N) is 1. The number of halogens is 3. The summed E-state index contributed by atoms with van der Waals surface area (Å²) in [6, 6.07) is 0. The number of hydrogen-bond acceptors (Lipinski definition) is 2. The maximum atomic E-state index is 11.8. The maximum Gasteiger partial charge on any atom is 0.468 e. The molecule has 0 fully saturated rings. The average Bonchev–Trinajstić information content (AvgIpc) is 2.33. The Balaban J connectivity index is 0.000000671. The van der Waals surface area contributed by atoms with Crippen LogP contribution in [0.2, 0.25) is 0 Å². The zero-order chi connectivity index (χ0) is 10.7. The highest BCUT2D eigenvalue weighted by molar-refractivity contribution is 5.83. The van der Waals surface area contributed by atoms with Crippen molar-refractivity contribution in [2.75, 3.05) is 6.54 Å². The fourth-order valence-electron chi connectivity index (χ4n) is 0.736. The fraction of sp³-hybridized carbons (Fsp3) is 0.875. The summed E-state index contributed by atoms with van der Waals surface area (Å²) in [7, 11) is 0. The van der Waals surface area contributed by atoms with Crippen molar-refractivity contribution in [2.24, 2.45) is 4.99 Å². The molecule has 1 rings (SSSR count). The quantitative estimate of drug-likeness (QED) is 0.585. The number of rotatable bonds is 0. The van der Waals surface area contributed by atoms with Crippen molar-refractivity contribution in [2.45, 2.75) is 39.5 Å². The minimum Gasteiger partial charge on any atom is -0.467 e. The first-order valence-electron chi connectivity index (χ1n) is 4.12. The van der Waals surface area contributed by atoms with E-state index < -0.39 is 17.7 Å². The van der Waals surface area contributed by atoms with Gasteiger partial charge in [-0.05, 0) is 13.8 Å². The molecule has 2 nitrogen and oxygen atoms in total. The van der Waals surface area contributed by atoms with E-state index in [0.29, 0.717) is 0 Å². The standard InChI is InChI=1S/C6H8F3NO.C2H6/c1-5(2)3-10-4(11-5)6(7,8)9;1-2/h3H2,1-2H3;1-2H3. The van der Waals surface area contributed by atoms with Gasteiger partial charge in [0.05, 0.1) is 6.54 Å². The van der Waals surface area contributed by atoms with E-state index in [1.807, 2.05) is 13.8 Å². The molecule has 0 spiro atoms. The van der Waals surface area contributed by atoms with E-state index in [1.54, 1.807) is 13.8 Å². The Labute approximate surface area is 75.8 Å². The van der Waals surface area contributed by atoms with Crippen LogP contribution >= 0.6 is 0 Å². The summed E-state index contributed by atoms with van der Waals surface area (Å²) in [5, 5.41) is 0. The Bertz CT molecular complexity index is 196. The maximum absolute atomic E-state index is 11.8. The predicted molar refractivity (Wildman–Crippen MR) is 44.9 cm³/mol. The molecule has 0 unspecified atom stereocenters. The summed E-state index contributed by atoms with van der Waals surface area (Å²) >= 11 is 0. The van der Waals surface area contributed by atoms with Crippen LogP contribution in [0.5, 0.6) is 0 Å². The van der Waals surface area contributed by atoms with Gasteiger partial charge in [-0.15, -0.1) is 0 Å². The summed E-state index contributed by atoms with van der Waals surface area (Å²) < 4.78 is 40.1. The lowest BCUT2D eigenvalue weighted by molar-refractivity contribution is -0.0841. The Morgan fingerprint density at radius 2 is 1.77 bits per heavy atom. The molecule has 0 aromatic carbocycles. The van der Waals surface area contributed by atoms with Gasteiger partial charge in [-0.1, -0.05) is 13.8 Å². The molecule has 5 heteroatoms. The highest BCUT2D eigenvalue weighted by Gasteiger charge is 2.44. The molecule has 0 aliphatic carbocycles. The molecule has 0 aromatic heterocycles. The van der Waals surface area contributed by atoms with E-state index >= 15 is 0 Å². The van der Waals surface area contributed by atoms with Crippen LogP contribution in [0.1, 0.15) is 27.7 Å². The molecular formula is C8H14F3NO. The van der Waals surface area contributed by atoms with Gasteiger partial charge in [0, 0.05) is 0 Å². The van der Waals surface area contributed by atoms with E-state index in [9.17, 15) is 13.2 Å². The van der Waals surface area contributed by atoms with Crippen LogP contribution in [0.4, 0.5) is 13.2 Å². The van der Waals surface area contributed by atoms with Crippen LogP contribution in [-0.4, -0.2) is 24.2 Å². The second kappa shape index (κ2) is 3.98. The highest BCUT2D eigenvalue weighted by Crippen LogP contribution is 2.27. The third-order valence-corrected chi connectivity index (χ3v) is 1.22. The molecule has 0 amide bonds. The second-order valence-corrected chi connectivity index (χ2v) is 2.98. The topological polar surface area (TPSA) is 21.6 Å². The van der Waals surface area contributed by atoms with Crippen molar-refractivity contribution in [3.8, 4) is 0 Å². The third kappa shape index (κ3) is 3.65. The number of hydrogen-bond donors (Lipinski definition) is 0. The monoisotopic (exact) mass is 197 g/mol. The van der Waals surface area contributed by atoms with E-state index in [1.165, 1.54) is 0 Å². The van der Waals surface area contributed by atoms with Gasteiger partial charge in [-0.25, -0.2) is 4.99 Å². The van der Waals surface area contributed by atoms with Gasteiger partial charge in [0.1, 0.15) is 5.60 Å². The van der Waals surface area contributed by atoms with Crippen LogP contribution < -0.4 is 0 Å². The lowest BCUT2D eigenvalue weighted by atomic mass is 10.1. The molecular weight excluding hydrogens is 183 g/mol. The SMILES string of the molecule is CC.CC1(C)CN=C(C(F)(F)F)O1. The van der Waals surface area contributed by atoms with E-state index in [-0.39, 0.29) is 6.54 Å². The molecule has 78 valence electrons. The molecule has 1 aliphatic rings. The second-order valence-electron chi connectivity index (χ2n) is 2.98. The van der Waals surface area contributed by atoms with Gasteiger partial charge in [0.2, 0.25) is 0 Å². The molecule has 13 heavy (non-hydrogen) atoms. The summed E-state index contributed by atoms with van der Waals surface area (Å²) in [4.78, 5) is 3.23. The summed E-state index contributed by atoms with van der Waals surface area (Å²) in [5.41, 5.74) is -0.801. The molecule has 0 N–H and O–H groups in total. The fourth-order valence-corrected chi connectivity index (χ4v) is 0.736. The first-order chi connectivity index (χ1) is 5.81. The number of aliphatic imine (C=N–C) groups is 1. The smallest absolute Gasteiger partial charge is 0.467 e. The molecule has 1 aliphatic heterocycles. The minimum absolute atomic E-state index is 0.0713. The zero-order valence-electron chi connectivity index (χ0n) is 8.20. The highest BCUT2D eigenvalue weighted by atomic mass is 19.4. The summed E-state index contributed by atoms with van der Waals surface area (Å²) in [6.07, 6.45) is -4.44. The zero-order valence-corrected chi connectivity index (χ0v) is 8.20. The number of alkyl halides is 3. The number of ether oxygens (including phenoxy) is 1. The molecule has 0 saturated carbocycles. The van der Waals surface area contributed by atoms with Crippen molar-refractivity contribution in [3.63, 3.8) is 0 Å². The minimum atomic E-state index is -4.44. The van der Waals surface area contributed by atoms with Crippen LogP contribution in [0.25, 0.3) is 0 Å². The first-order valence-corrected chi connectivity index (χ1v) is 4.12. The largest absolute Gasteiger partial charge is 0.468 e. The van der Waals surface area contributed by atoms with Gasteiger partial charge in [0.15, 0.2) is 0 Å². The van der Waals surface area contributed by atoms with Gasteiger partial charge in [-0.2, -0.15) is 13.2 Å². The van der Waals surface area contributed by atoms with Gasteiger partial charge in [-0.3, -0.25) is 0 Å². The van der Waals surface area contributed by atoms with Gasteiger partial charge >= 0.3 is 6.18 Å². The lowest BCUT2D eigenvalue weighted by Crippen LogP contribution is -2.30. The van der Waals surface area contributed by atoms with Crippen molar-refractivity contribution in [1.82, 2.24) is 0 Å². The Kier molecular flexibility index (Phi) is 3.75. The normalized spacial score (nSPS) is 19.8. The van der Waals surface area contributed by atoms with Crippen LogP contribution in [0, 0.1) is 0 Å². The molecule has 1 heterocycles. The van der Waals surface area contributed by atoms with E-state index in [0.717, 1.165) is 0 Å². The Hall–Kier alpha value is -0.740. The molecule has 0 atom stereocenters. The van der Waals surface area contributed by atoms with E-state index in [4.69, 9.17) is 0 Å². The van der Waals surface area contributed by atoms with Gasteiger partial charge < -0.3 is 4.74 Å². The van der Waals surface area contributed by atoms with Crippen LogP contribution in [0.3, 0.4) is 0 Å². The average molecular weight is 197 g/mol. The van der Waals surface area contributed by atoms with Crippen molar-refractivity contribution in [3.05, 3.63) is 0 Å². The predicted octanol–water partition coefficient (Wildman–Crippen LogP) is 2.78. The summed E-state index contributed by atoms with van der Waals surface area (Å²) in [6.45, 7) is 7.20. The van der Waals surface area contributed by atoms with Crippen LogP contribution in [0.15, 0.2) is 4.99 Å². The van der Waals surface area contributed by atoms with Gasteiger partial charge in [0.25, 0.3) is 5.90 Å². The molecule has 0 radical (unpaired) electrons. The van der Waals surface area contributed by atoms with Crippen LogP contribution in [-0.2, 0) is 4.74 Å². The van der Waals surface area contributed by atoms with Crippen molar-refractivity contribution in [1.29, 1.82) is 0 Å². The van der Waals surface area contributed by atoms with Crippen molar-refractivity contribution >= 4 is 5.90 Å². The first kappa shape index (κ1) is 12.3.